The van der Waals surface area contributed by atoms with Crippen LogP contribution in [0.4, 0.5) is 4.39 Å². The topological polar surface area (TPSA) is 63.4 Å². The molecule has 4 nitrogen and oxygen atoms in total. The van der Waals surface area contributed by atoms with Crippen molar-refractivity contribution in [3.63, 3.8) is 0 Å². The molecule has 120 valence electrons. The predicted octanol–water partition coefficient (Wildman–Crippen LogP) is 2.30. The van der Waals surface area contributed by atoms with E-state index in [1.807, 2.05) is 6.92 Å². The molecule has 0 radical (unpaired) electrons. The molecule has 1 unspecified atom stereocenters. The van der Waals surface area contributed by atoms with Gasteiger partial charge in [0.25, 0.3) is 0 Å². The Hall–Kier alpha value is -0.690. The van der Waals surface area contributed by atoms with Gasteiger partial charge in [0.1, 0.15) is 5.82 Å². The molecule has 1 heterocycles. The molecule has 0 aliphatic carbocycles. The number of sulfonamides is 1. The van der Waals surface area contributed by atoms with E-state index in [2.05, 4.69) is 0 Å². The van der Waals surface area contributed by atoms with Gasteiger partial charge < -0.3 is 5.73 Å². The smallest absolute Gasteiger partial charge is 0.243 e. The van der Waals surface area contributed by atoms with Crippen molar-refractivity contribution in [1.82, 2.24) is 4.31 Å². The summed E-state index contributed by atoms with van der Waals surface area (Å²) in [4.78, 5) is 0.163. The van der Waals surface area contributed by atoms with Gasteiger partial charge in [0.05, 0.1) is 4.90 Å². The van der Waals surface area contributed by atoms with Crippen LogP contribution in [0, 0.1) is 18.7 Å². The molecular formula is C14H22ClFN2O2S. The highest BCUT2D eigenvalue weighted by atomic mass is 35.5. The van der Waals surface area contributed by atoms with Crippen molar-refractivity contribution in [2.75, 3.05) is 13.1 Å². The van der Waals surface area contributed by atoms with Crippen molar-refractivity contribution in [2.45, 2.75) is 37.6 Å². The Kier molecular flexibility index (Phi) is 6.16. The predicted molar refractivity (Wildman–Crippen MR) is 83.5 cm³/mol. The zero-order valence-corrected chi connectivity index (χ0v) is 13.9. The molecule has 0 amide bonds. The third-order valence-corrected chi connectivity index (χ3v) is 5.90. The molecule has 1 aromatic rings. The molecule has 1 aliphatic rings. The van der Waals surface area contributed by atoms with Crippen LogP contribution in [0.3, 0.4) is 0 Å². The van der Waals surface area contributed by atoms with Crippen LogP contribution in [0.15, 0.2) is 23.1 Å². The number of rotatable bonds is 3. The molecule has 1 aliphatic heterocycles. The maximum atomic E-state index is 13.2. The number of halogens is 2. The molecule has 21 heavy (non-hydrogen) atoms. The summed E-state index contributed by atoms with van der Waals surface area (Å²) in [6.07, 6.45) is 1.55. The molecule has 7 heteroatoms. The number of hydrogen-bond donors (Lipinski definition) is 1. The van der Waals surface area contributed by atoms with Gasteiger partial charge in [-0.25, -0.2) is 12.8 Å². The zero-order chi connectivity index (χ0) is 14.9. The second-order valence-corrected chi connectivity index (χ2v) is 7.45. The van der Waals surface area contributed by atoms with Crippen molar-refractivity contribution in [2.24, 2.45) is 11.7 Å². The van der Waals surface area contributed by atoms with Gasteiger partial charge in [0, 0.05) is 19.1 Å². The summed E-state index contributed by atoms with van der Waals surface area (Å²) < 4.78 is 39.7. The van der Waals surface area contributed by atoms with Gasteiger partial charge in [-0.2, -0.15) is 4.31 Å². The molecule has 1 fully saturated rings. The Balaban J connectivity index is 0.00000220. The van der Waals surface area contributed by atoms with Crippen LogP contribution in [0.5, 0.6) is 0 Å². The lowest BCUT2D eigenvalue weighted by molar-refractivity contribution is 0.250. The minimum Gasteiger partial charge on any atom is -0.328 e. The zero-order valence-electron chi connectivity index (χ0n) is 12.3. The van der Waals surface area contributed by atoms with E-state index in [1.54, 1.807) is 6.92 Å². The fourth-order valence-electron chi connectivity index (χ4n) is 2.57. The lowest BCUT2D eigenvalue weighted by Crippen LogP contribution is -2.42. The average Bonchev–Trinajstić information content (AvgIpc) is 2.41. The van der Waals surface area contributed by atoms with E-state index in [4.69, 9.17) is 5.73 Å². The quantitative estimate of drug-likeness (QED) is 0.921. The Morgan fingerprint density at radius 1 is 1.33 bits per heavy atom. The SMILES string of the molecule is Cc1cc(S(=O)(=O)N2CCC(C(C)N)CC2)ccc1F.Cl. The molecule has 1 aromatic carbocycles. The fourth-order valence-corrected chi connectivity index (χ4v) is 4.12. The van der Waals surface area contributed by atoms with Crippen molar-refractivity contribution in [1.29, 1.82) is 0 Å². The van der Waals surface area contributed by atoms with Gasteiger partial charge in [-0.15, -0.1) is 12.4 Å². The van der Waals surface area contributed by atoms with E-state index in [9.17, 15) is 12.8 Å². The van der Waals surface area contributed by atoms with Gasteiger partial charge in [0.15, 0.2) is 0 Å². The monoisotopic (exact) mass is 336 g/mol. The number of nitrogens with two attached hydrogens (primary N) is 1. The summed E-state index contributed by atoms with van der Waals surface area (Å²) in [6.45, 7) is 4.48. The largest absolute Gasteiger partial charge is 0.328 e. The van der Waals surface area contributed by atoms with E-state index >= 15 is 0 Å². The Bertz CT molecular complexity index is 585. The third-order valence-electron chi connectivity index (χ3n) is 4.01. The molecule has 0 saturated carbocycles. The second-order valence-electron chi connectivity index (χ2n) is 5.51. The first kappa shape index (κ1) is 18.4. The van der Waals surface area contributed by atoms with E-state index in [0.29, 0.717) is 24.6 Å². The normalized spacial score (nSPS) is 19.0. The van der Waals surface area contributed by atoms with Gasteiger partial charge in [-0.1, -0.05) is 0 Å². The molecule has 0 bridgehead atoms. The molecule has 1 atom stereocenters. The maximum Gasteiger partial charge on any atom is 0.243 e. The molecule has 0 spiro atoms. The van der Waals surface area contributed by atoms with E-state index < -0.39 is 10.0 Å². The molecule has 2 rings (SSSR count). The fraction of sp³-hybridized carbons (Fsp3) is 0.571. The standard InChI is InChI=1S/C14H21FN2O2S.ClH/c1-10-9-13(3-4-14(10)15)20(18,19)17-7-5-12(6-8-17)11(2)16;/h3-4,9,11-12H,5-8,16H2,1-2H3;1H. The lowest BCUT2D eigenvalue weighted by Gasteiger charge is -2.33. The van der Waals surface area contributed by atoms with Crippen LogP contribution in [0.1, 0.15) is 25.3 Å². The third kappa shape index (κ3) is 3.94. The van der Waals surface area contributed by atoms with E-state index in [1.165, 1.54) is 22.5 Å². The maximum absolute atomic E-state index is 13.2. The van der Waals surface area contributed by atoms with Crippen molar-refractivity contribution in [3.05, 3.63) is 29.6 Å². The molecule has 0 aromatic heterocycles. The van der Waals surface area contributed by atoms with Crippen LogP contribution >= 0.6 is 12.4 Å². The van der Waals surface area contributed by atoms with Crippen LogP contribution < -0.4 is 5.73 Å². The summed E-state index contributed by atoms with van der Waals surface area (Å²) in [6, 6.07) is 4.02. The second kappa shape index (κ2) is 7.05. The van der Waals surface area contributed by atoms with Crippen molar-refractivity contribution >= 4 is 22.4 Å². The first-order valence-electron chi connectivity index (χ1n) is 6.84. The van der Waals surface area contributed by atoms with Gasteiger partial charge in [-0.3, -0.25) is 0 Å². The summed E-state index contributed by atoms with van der Waals surface area (Å²) in [7, 11) is -3.52. The minimum absolute atomic E-state index is 0. The Morgan fingerprint density at radius 3 is 2.38 bits per heavy atom. The summed E-state index contributed by atoms with van der Waals surface area (Å²) in [5.74, 6) is -0.0176. The first-order valence-corrected chi connectivity index (χ1v) is 8.28. The number of benzene rings is 1. The highest BCUT2D eigenvalue weighted by Gasteiger charge is 2.30. The Morgan fingerprint density at radius 2 is 1.90 bits per heavy atom. The van der Waals surface area contributed by atoms with Crippen molar-refractivity contribution in [3.8, 4) is 0 Å². The Labute approximate surface area is 132 Å². The number of nitrogens with zero attached hydrogens (tertiary/aromatic N) is 1. The lowest BCUT2D eigenvalue weighted by atomic mass is 9.92. The van der Waals surface area contributed by atoms with Crippen LogP contribution in [0.2, 0.25) is 0 Å². The molecule has 1 saturated heterocycles. The van der Waals surface area contributed by atoms with Gasteiger partial charge >= 0.3 is 0 Å². The molecule has 2 N–H and O–H groups in total. The number of hydrogen-bond acceptors (Lipinski definition) is 3. The first-order chi connectivity index (χ1) is 9.32. The highest BCUT2D eigenvalue weighted by Crippen LogP contribution is 2.25. The average molecular weight is 337 g/mol. The number of piperidine rings is 1. The van der Waals surface area contributed by atoms with E-state index in [0.717, 1.165) is 12.8 Å². The highest BCUT2D eigenvalue weighted by molar-refractivity contribution is 7.89. The van der Waals surface area contributed by atoms with Crippen LogP contribution in [-0.4, -0.2) is 31.9 Å². The summed E-state index contributed by atoms with van der Waals surface area (Å²) in [5.41, 5.74) is 6.20. The van der Waals surface area contributed by atoms with Crippen molar-refractivity contribution < 1.29 is 12.8 Å². The van der Waals surface area contributed by atoms with Crippen LogP contribution in [-0.2, 0) is 10.0 Å². The van der Waals surface area contributed by atoms with Gasteiger partial charge in [0.2, 0.25) is 10.0 Å². The van der Waals surface area contributed by atoms with Gasteiger partial charge in [-0.05, 0) is 56.4 Å². The minimum atomic E-state index is -3.52. The summed E-state index contributed by atoms with van der Waals surface area (Å²) in [5, 5.41) is 0. The van der Waals surface area contributed by atoms with Crippen LogP contribution in [0.25, 0.3) is 0 Å². The summed E-state index contributed by atoms with van der Waals surface area (Å²) >= 11 is 0. The molecular weight excluding hydrogens is 315 g/mol. The number of aryl methyl sites for hydroxylation is 1. The van der Waals surface area contributed by atoms with E-state index in [-0.39, 0.29) is 29.2 Å².